The summed E-state index contributed by atoms with van der Waals surface area (Å²) in [5, 5.41) is 6.76. The Balaban J connectivity index is 1.52. The lowest BCUT2D eigenvalue weighted by atomic mass is 9.86. The van der Waals surface area contributed by atoms with Crippen LogP contribution in [0.3, 0.4) is 0 Å². The number of carbonyl (C=O) groups excluding carboxylic acids is 1. The van der Waals surface area contributed by atoms with Crippen LogP contribution >= 0.6 is 23.2 Å². The quantitative estimate of drug-likeness (QED) is 0.402. The van der Waals surface area contributed by atoms with Crippen LogP contribution < -0.4 is 5.32 Å². The minimum absolute atomic E-state index is 0.0139. The Morgan fingerprint density at radius 1 is 1.03 bits per heavy atom. The van der Waals surface area contributed by atoms with Gasteiger partial charge >= 0.3 is 6.18 Å². The zero-order valence-corrected chi connectivity index (χ0v) is 19.4. The number of alkyl halides is 3. The summed E-state index contributed by atoms with van der Waals surface area (Å²) >= 11 is 11.8. The molecule has 1 aliphatic rings. The van der Waals surface area contributed by atoms with Crippen LogP contribution in [0.15, 0.2) is 78.0 Å². The lowest BCUT2D eigenvalue weighted by Crippen LogP contribution is -2.42. The van der Waals surface area contributed by atoms with E-state index >= 15 is 0 Å². The molecule has 1 amide bonds. The van der Waals surface area contributed by atoms with E-state index < -0.39 is 18.2 Å². The second-order valence-electron chi connectivity index (χ2n) is 7.94. The monoisotopic (exact) mass is 506 g/mol. The summed E-state index contributed by atoms with van der Waals surface area (Å²) in [7, 11) is 0. The Kier molecular flexibility index (Phi) is 6.60. The normalized spacial score (nSPS) is 18.7. The van der Waals surface area contributed by atoms with Crippen LogP contribution in [0.4, 0.5) is 13.2 Å². The number of benzene rings is 3. The van der Waals surface area contributed by atoms with Crippen molar-refractivity contribution in [2.75, 3.05) is 0 Å². The van der Waals surface area contributed by atoms with Crippen molar-refractivity contribution < 1.29 is 22.8 Å². The van der Waals surface area contributed by atoms with Gasteiger partial charge in [0.25, 0.3) is 11.5 Å². The van der Waals surface area contributed by atoms with E-state index in [0.29, 0.717) is 11.1 Å². The zero-order valence-electron chi connectivity index (χ0n) is 17.9. The van der Waals surface area contributed by atoms with Crippen molar-refractivity contribution in [2.45, 2.75) is 31.2 Å². The van der Waals surface area contributed by atoms with E-state index in [1.54, 1.807) is 12.1 Å². The predicted octanol–water partition coefficient (Wildman–Crippen LogP) is 7.07. The number of carbonyl (C=O) groups is 1. The summed E-state index contributed by atoms with van der Waals surface area (Å²) in [6.45, 7) is 1.87. The smallest absolute Gasteiger partial charge is 0.374 e. The second-order valence-corrected chi connectivity index (χ2v) is 8.76. The van der Waals surface area contributed by atoms with Crippen molar-refractivity contribution in [1.29, 1.82) is 0 Å². The number of hydrogen-bond donors (Lipinski definition) is 1. The summed E-state index contributed by atoms with van der Waals surface area (Å²) in [5.74, 6) is -0.298. The molecule has 3 aromatic rings. The molecule has 0 saturated carbocycles. The molecular weight excluding hydrogens is 488 g/mol. The topological polar surface area (TPSA) is 50.7 Å². The van der Waals surface area contributed by atoms with Gasteiger partial charge in [-0.05, 0) is 42.3 Å². The van der Waals surface area contributed by atoms with Crippen molar-refractivity contribution in [3.05, 3.63) is 105 Å². The third-order valence-corrected chi connectivity index (χ3v) is 6.44. The number of oxime groups is 1. The molecule has 4 nitrogen and oxygen atoms in total. The summed E-state index contributed by atoms with van der Waals surface area (Å²) in [6.07, 6.45) is -5.31. The predicted molar refractivity (Wildman–Crippen MR) is 125 cm³/mol. The van der Waals surface area contributed by atoms with Gasteiger partial charge in [-0.2, -0.15) is 13.2 Å². The molecule has 0 aliphatic carbocycles. The van der Waals surface area contributed by atoms with Crippen LogP contribution in [0.2, 0.25) is 10.0 Å². The molecule has 0 spiro atoms. The van der Waals surface area contributed by atoms with E-state index in [0.717, 1.165) is 11.6 Å². The maximum atomic E-state index is 14.1. The van der Waals surface area contributed by atoms with E-state index in [1.807, 2.05) is 37.3 Å². The standard InChI is InChI=1S/C25H19Cl2F3N2O2/c1-15(16-5-3-2-4-6-16)31-23(33)18-9-7-17(8-10-18)22-14-24(34-32-22,25(28,29)30)19-11-12-20(26)21(27)13-19/h2-13,15H,14H2,1H3,(H,31,33). The molecule has 176 valence electrons. The molecule has 4 rings (SSSR count). The molecule has 0 aromatic heterocycles. The SMILES string of the molecule is CC(NC(=O)c1ccc(C2=NOC(c3ccc(Cl)c(Cl)c3)(C(F)(F)F)C2)cc1)c1ccccc1. The molecule has 0 saturated heterocycles. The first-order chi connectivity index (χ1) is 16.1. The number of halogens is 5. The molecule has 0 radical (unpaired) electrons. The van der Waals surface area contributed by atoms with Crippen LogP contribution in [0.25, 0.3) is 0 Å². The molecule has 1 heterocycles. The number of rotatable bonds is 5. The lowest BCUT2D eigenvalue weighted by molar-refractivity contribution is -0.275. The van der Waals surface area contributed by atoms with Crippen molar-refractivity contribution in [1.82, 2.24) is 5.32 Å². The van der Waals surface area contributed by atoms with Gasteiger partial charge in [-0.1, -0.05) is 76.9 Å². The molecule has 9 heteroatoms. The van der Waals surface area contributed by atoms with E-state index in [1.165, 1.54) is 24.3 Å². The zero-order chi connectivity index (χ0) is 24.5. The van der Waals surface area contributed by atoms with E-state index in [-0.39, 0.29) is 33.3 Å². The highest BCUT2D eigenvalue weighted by Gasteiger charge is 2.62. The van der Waals surface area contributed by atoms with Gasteiger partial charge in [0.1, 0.15) is 0 Å². The van der Waals surface area contributed by atoms with Gasteiger partial charge in [-0.15, -0.1) is 0 Å². The van der Waals surface area contributed by atoms with Gasteiger partial charge < -0.3 is 10.2 Å². The second kappa shape index (κ2) is 9.31. The number of nitrogens with zero attached hydrogens (tertiary/aromatic N) is 1. The van der Waals surface area contributed by atoms with Crippen LogP contribution in [-0.2, 0) is 10.4 Å². The molecule has 2 atom stereocenters. The maximum absolute atomic E-state index is 14.1. The van der Waals surface area contributed by atoms with Crippen LogP contribution in [-0.4, -0.2) is 17.8 Å². The minimum Gasteiger partial charge on any atom is -0.374 e. The molecule has 1 aliphatic heterocycles. The van der Waals surface area contributed by atoms with Gasteiger partial charge in [0.05, 0.1) is 21.8 Å². The molecule has 34 heavy (non-hydrogen) atoms. The molecular formula is C25H19Cl2F3N2O2. The fourth-order valence-corrected chi connectivity index (χ4v) is 4.02. The third kappa shape index (κ3) is 4.63. The van der Waals surface area contributed by atoms with Gasteiger partial charge in [-0.3, -0.25) is 4.79 Å². The largest absolute Gasteiger partial charge is 0.435 e. The fourth-order valence-electron chi connectivity index (χ4n) is 3.72. The Bertz CT molecular complexity index is 1230. The maximum Gasteiger partial charge on any atom is 0.435 e. The number of hydrogen-bond acceptors (Lipinski definition) is 3. The fraction of sp³-hybridized carbons (Fsp3) is 0.200. The molecule has 1 N–H and O–H groups in total. The third-order valence-electron chi connectivity index (χ3n) is 5.70. The van der Waals surface area contributed by atoms with E-state index in [9.17, 15) is 18.0 Å². The van der Waals surface area contributed by atoms with Gasteiger partial charge in [-0.25, -0.2) is 0 Å². The Morgan fingerprint density at radius 3 is 2.32 bits per heavy atom. The van der Waals surface area contributed by atoms with Crippen LogP contribution in [0.5, 0.6) is 0 Å². The van der Waals surface area contributed by atoms with Crippen molar-refractivity contribution in [3.63, 3.8) is 0 Å². The van der Waals surface area contributed by atoms with Crippen molar-refractivity contribution in [3.8, 4) is 0 Å². The first-order valence-corrected chi connectivity index (χ1v) is 11.1. The average Bonchev–Trinajstić information content (AvgIpc) is 3.28. The first-order valence-electron chi connectivity index (χ1n) is 10.3. The highest BCUT2D eigenvalue weighted by Crippen LogP contribution is 2.49. The highest BCUT2D eigenvalue weighted by atomic mass is 35.5. The molecule has 2 unspecified atom stereocenters. The lowest BCUT2D eigenvalue weighted by Gasteiger charge is -2.29. The summed E-state index contributed by atoms with van der Waals surface area (Å²) in [6, 6.07) is 19.1. The van der Waals surface area contributed by atoms with Gasteiger partial charge in [0.2, 0.25) is 0 Å². The molecule has 0 bridgehead atoms. The number of nitrogens with one attached hydrogen (secondary N) is 1. The Hall–Kier alpha value is -3.03. The summed E-state index contributed by atoms with van der Waals surface area (Å²) < 4.78 is 42.4. The first kappa shape index (κ1) is 24.1. The summed E-state index contributed by atoms with van der Waals surface area (Å²) in [4.78, 5) is 17.6. The van der Waals surface area contributed by atoms with Gasteiger partial charge in [0.15, 0.2) is 0 Å². The average molecular weight is 507 g/mol. The number of amides is 1. The Morgan fingerprint density at radius 2 is 1.71 bits per heavy atom. The highest BCUT2D eigenvalue weighted by molar-refractivity contribution is 6.42. The van der Waals surface area contributed by atoms with Crippen molar-refractivity contribution in [2.24, 2.45) is 5.16 Å². The van der Waals surface area contributed by atoms with E-state index in [4.69, 9.17) is 28.0 Å². The molecule has 0 fully saturated rings. The van der Waals surface area contributed by atoms with Crippen LogP contribution in [0, 0.1) is 0 Å². The summed E-state index contributed by atoms with van der Waals surface area (Å²) in [5.41, 5.74) is -1.03. The Labute approximate surface area is 204 Å². The van der Waals surface area contributed by atoms with Gasteiger partial charge in [0, 0.05) is 17.5 Å². The van der Waals surface area contributed by atoms with Crippen LogP contribution in [0.1, 0.15) is 46.4 Å². The molecule has 3 aromatic carbocycles. The minimum atomic E-state index is -4.76. The van der Waals surface area contributed by atoms with E-state index in [2.05, 4.69) is 10.5 Å². The van der Waals surface area contributed by atoms with Crippen molar-refractivity contribution >= 4 is 34.8 Å².